The van der Waals surface area contributed by atoms with Crippen molar-refractivity contribution in [2.75, 3.05) is 33.2 Å². The quantitative estimate of drug-likeness (QED) is 0.878. The smallest absolute Gasteiger partial charge is 0.256 e. The summed E-state index contributed by atoms with van der Waals surface area (Å²) >= 11 is 0. The number of hydrogen-bond acceptors (Lipinski definition) is 4. The summed E-state index contributed by atoms with van der Waals surface area (Å²) in [6.45, 7) is 2.69. The second-order valence-corrected chi connectivity index (χ2v) is 6.41. The highest BCUT2D eigenvalue weighted by Crippen LogP contribution is 2.15. The van der Waals surface area contributed by atoms with Gasteiger partial charge in [-0.15, -0.1) is 0 Å². The maximum Gasteiger partial charge on any atom is 0.256 e. The second kappa shape index (κ2) is 8.58. The van der Waals surface area contributed by atoms with Gasteiger partial charge in [0.15, 0.2) is 0 Å². The highest BCUT2D eigenvalue weighted by molar-refractivity contribution is 5.97. The summed E-state index contributed by atoms with van der Waals surface area (Å²) in [4.78, 5) is 33.1. The third kappa shape index (κ3) is 4.26. The number of nitrogens with zero attached hydrogens (tertiary/aromatic N) is 3. The van der Waals surface area contributed by atoms with Crippen LogP contribution in [0, 0.1) is 0 Å². The van der Waals surface area contributed by atoms with Gasteiger partial charge in [0.1, 0.15) is 6.04 Å². The highest BCUT2D eigenvalue weighted by atomic mass is 16.2. The lowest BCUT2D eigenvalue weighted by Gasteiger charge is -2.40. The number of pyridine rings is 1. The van der Waals surface area contributed by atoms with Crippen molar-refractivity contribution in [1.82, 2.24) is 20.1 Å². The van der Waals surface area contributed by atoms with E-state index in [-0.39, 0.29) is 11.8 Å². The Balaban J connectivity index is 1.67. The van der Waals surface area contributed by atoms with Gasteiger partial charge in [-0.3, -0.25) is 19.5 Å². The molecule has 0 aliphatic carbocycles. The fourth-order valence-corrected chi connectivity index (χ4v) is 3.26. The van der Waals surface area contributed by atoms with Gasteiger partial charge in [-0.25, -0.2) is 0 Å². The van der Waals surface area contributed by atoms with Crippen LogP contribution in [0.5, 0.6) is 0 Å². The Bertz CT molecular complexity index is 736. The summed E-state index contributed by atoms with van der Waals surface area (Å²) in [6.07, 6.45) is 4.11. The molecule has 2 aromatic rings. The van der Waals surface area contributed by atoms with Crippen LogP contribution in [0.25, 0.3) is 0 Å². The Morgan fingerprint density at radius 3 is 2.65 bits per heavy atom. The van der Waals surface area contributed by atoms with Crippen molar-refractivity contribution in [1.29, 1.82) is 0 Å². The number of rotatable bonds is 5. The van der Waals surface area contributed by atoms with Crippen LogP contribution in [-0.4, -0.2) is 65.9 Å². The molecule has 0 saturated carbocycles. The zero-order valence-electron chi connectivity index (χ0n) is 15.0. The molecule has 0 unspecified atom stereocenters. The number of likely N-dealkylation sites (N-methyl/N-ethyl adjacent to an activating group) is 1. The van der Waals surface area contributed by atoms with Crippen molar-refractivity contribution >= 4 is 11.8 Å². The van der Waals surface area contributed by atoms with Gasteiger partial charge in [-0.2, -0.15) is 0 Å². The minimum absolute atomic E-state index is 0.133. The molecule has 0 bridgehead atoms. The molecule has 2 heterocycles. The van der Waals surface area contributed by atoms with Crippen molar-refractivity contribution in [3.05, 3.63) is 66.0 Å². The molecule has 26 heavy (non-hydrogen) atoms. The van der Waals surface area contributed by atoms with Crippen LogP contribution in [-0.2, 0) is 11.2 Å². The van der Waals surface area contributed by atoms with E-state index in [2.05, 4.69) is 27.3 Å². The Kier molecular flexibility index (Phi) is 5.96. The van der Waals surface area contributed by atoms with E-state index >= 15 is 0 Å². The predicted octanol–water partition coefficient (Wildman–Crippen LogP) is 1.20. The lowest BCUT2D eigenvalue weighted by Crippen LogP contribution is -2.60. The molecule has 2 amide bonds. The molecule has 6 heteroatoms. The van der Waals surface area contributed by atoms with Gasteiger partial charge in [0.2, 0.25) is 5.91 Å². The van der Waals surface area contributed by atoms with Crippen molar-refractivity contribution in [2.24, 2.45) is 0 Å². The molecule has 136 valence electrons. The molecule has 1 aliphatic heterocycles. The van der Waals surface area contributed by atoms with Gasteiger partial charge in [0.25, 0.3) is 5.91 Å². The van der Waals surface area contributed by atoms with E-state index in [0.29, 0.717) is 18.7 Å². The summed E-state index contributed by atoms with van der Waals surface area (Å²) in [5.41, 5.74) is 1.79. The number of aromatic nitrogens is 1. The number of nitrogens with one attached hydrogen (secondary N) is 1. The molecule has 1 aliphatic rings. The molecular weight excluding hydrogens is 328 g/mol. The number of amides is 2. The Morgan fingerprint density at radius 1 is 1.15 bits per heavy atom. The van der Waals surface area contributed by atoms with E-state index in [4.69, 9.17) is 0 Å². The maximum absolute atomic E-state index is 12.8. The van der Waals surface area contributed by atoms with E-state index in [1.807, 2.05) is 18.2 Å². The average molecular weight is 352 g/mol. The predicted molar refractivity (Wildman–Crippen MR) is 99.7 cm³/mol. The SMILES string of the molecule is CNC(=O)[C@H]1CN(CCc2ccccc2)CCN1C(=O)c1cccnc1. The van der Waals surface area contributed by atoms with Gasteiger partial charge < -0.3 is 10.2 Å². The first-order valence-corrected chi connectivity index (χ1v) is 8.88. The highest BCUT2D eigenvalue weighted by Gasteiger charge is 2.35. The van der Waals surface area contributed by atoms with Crippen LogP contribution in [0.1, 0.15) is 15.9 Å². The molecule has 1 atom stereocenters. The van der Waals surface area contributed by atoms with Crippen LogP contribution in [0.4, 0.5) is 0 Å². The zero-order valence-corrected chi connectivity index (χ0v) is 15.0. The van der Waals surface area contributed by atoms with Crippen molar-refractivity contribution in [2.45, 2.75) is 12.5 Å². The normalized spacial score (nSPS) is 17.7. The van der Waals surface area contributed by atoms with Gasteiger partial charge >= 0.3 is 0 Å². The molecule has 6 nitrogen and oxygen atoms in total. The third-order valence-electron chi connectivity index (χ3n) is 4.74. The lowest BCUT2D eigenvalue weighted by molar-refractivity contribution is -0.127. The topological polar surface area (TPSA) is 65.5 Å². The van der Waals surface area contributed by atoms with E-state index in [0.717, 1.165) is 19.5 Å². The molecular formula is C20H24N4O2. The first-order valence-electron chi connectivity index (χ1n) is 8.88. The summed E-state index contributed by atoms with van der Waals surface area (Å²) in [5, 5.41) is 2.69. The molecule has 3 rings (SSSR count). The fourth-order valence-electron chi connectivity index (χ4n) is 3.26. The number of hydrogen-bond donors (Lipinski definition) is 1. The first-order chi connectivity index (χ1) is 12.7. The largest absolute Gasteiger partial charge is 0.357 e. The minimum atomic E-state index is -0.489. The van der Waals surface area contributed by atoms with Crippen molar-refractivity contribution in [3.8, 4) is 0 Å². The standard InChI is InChI=1S/C20H24N4O2/c1-21-19(25)18-15-23(11-9-16-6-3-2-4-7-16)12-13-24(18)20(26)17-8-5-10-22-14-17/h2-8,10,14,18H,9,11-13,15H2,1H3,(H,21,25)/t18-/m1/s1. The van der Waals surface area contributed by atoms with E-state index in [1.165, 1.54) is 5.56 Å². The van der Waals surface area contributed by atoms with Gasteiger partial charge in [-0.1, -0.05) is 30.3 Å². The van der Waals surface area contributed by atoms with Gasteiger partial charge in [0, 0.05) is 45.6 Å². The number of benzene rings is 1. The molecule has 1 aromatic heterocycles. The molecule has 1 saturated heterocycles. The van der Waals surface area contributed by atoms with Crippen molar-refractivity contribution in [3.63, 3.8) is 0 Å². The monoisotopic (exact) mass is 352 g/mol. The molecule has 0 radical (unpaired) electrons. The molecule has 1 fully saturated rings. The van der Waals surface area contributed by atoms with E-state index in [1.54, 1.807) is 36.5 Å². The Morgan fingerprint density at radius 2 is 1.96 bits per heavy atom. The van der Waals surface area contributed by atoms with E-state index < -0.39 is 6.04 Å². The second-order valence-electron chi connectivity index (χ2n) is 6.41. The average Bonchev–Trinajstić information content (AvgIpc) is 2.72. The Labute approximate surface area is 153 Å². The number of carbonyl (C=O) groups is 2. The summed E-state index contributed by atoms with van der Waals surface area (Å²) in [6, 6.07) is 13.3. The van der Waals surface area contributed by atoms with Crippen LogP contribution in [0.2, 0.25) is 0 Å². The van der Waals surface area contributed by atoms with Crippen LogP contribution < -0.4 is 5.32 Å². The summed E-state index contributed by atoms with van der Waals surface area (Å²) in [5.74, 6) is -0.277. The third-order valence-corrected chi connectivity index (χ3v) is 4.74. The van der Waals surface area contributed by atoms with Crippen LogP contribution >= 0.6 is 0 Å². The molecule has 1 aromatic carbocycles. The molecule has 1 N–H and O–H groups in total. The van der Waals surface area contributed by atoms with Crippen molar-refractivity contribution < 1.29 is 9.59 Å². The molecule has 0 spiro atoms. The maximum atomic E-state index is 12.8. The van der Waals surface area contributed by atoms with Gasteiger partial charge in [-0.05, 0) is 24.1 Å². The minimum Gasteiger partial charge on any atom is -0.357 e. The Hall–Kier alpha value is -2.73. The lowest BCUT2D eigenvalue weighted by atomic mass is 10.1. The van der Waals surface area contributed by atoms with Crippen LogP contribution in [0.3, 0.4) is 0 Å². The number of carbonyl (C=O) groups excluding carboxylic acids is 2. The van der Waals surface area contributed by atoms with Gasteiger partial charge in [0.05, 0.1) is 5.56 Å². The fraction of sp³-hybridized carbons (Fsp3) is 0.350. The first kappa shape index (κ1) is 18.1. The summed E-state index contributed by atoms with van der Waals surface area (Å²) < 4.78 is 0. The van der Waals surface area contributed by atoms with Crippen LogP contribution in [0.15, 0.2) is 54.9 Å². The summed E-state index contributed by atoms with van der Waals surface area (Å²) in [7, 11) is 1.61. The number of piperazine rings is 1. The zero-order chi connectivity index (χ0) is 18.4. The van der Waals surface area contributed by atoms with E-state index in [9.17, 15) is 9.59 Å².